The fraction of sp³-hybridized carbons (Fsp3) is 0.909. The normalized spacial score (nSPS) is 14.3. The zero-order valence-corrected chi connectivity index (χ0v) is 10.4. The predicted molar refractivity (Wildman–Crippen MR) is 60.0 cm³/mol. The first-order valence-electron chi connectivity index (χ1n) is 5.40. The number of methoxy groups -OCH3 is 1. The number of nitrogens with zero attached hydrogens (tertiary/aromatic N) is 1. The van der Waals surface area contributed by atoms with Crippen molar-refractivity contribution in [3.8, 4) is 0 Å². The fourth-order valence-corrected chi connectivity index (χ4v) is 1.85. The highest BCUT2D eigenvalue weighted by Gasteiger charge is 2.37. The highest BCUT2D eigenvalue weighted by molar-refractivity contribution is 5.77. The van der Waals surface area contributed by atoms with Crippen molar-refractivity contribution in [3.05, 3.63) is 0 Å². The maximum atomic E-state index is 11.2. The fourth-order valence-electron chi connectivity index (χ4n) is 1.85. The topological polar surface area (TPSA) is 49.8 Å². The summed E-state index contributed by atoms with van der Waals surface area (Å²) in [4.78, 5) is 13.1. The minimum atomic E-state index is -0.839. The minimum absolute atomic E-state index is 0.158. The second-order valence-corrected chi connectivity index (χ2v) is 4.17. The van der Waals surface area contributed by atoms with Crippen molar-refractivity contribution in [2.24, 2.45) is 0 Å². The Bertz CT molecular complexity index is 204. The lowest BCUT2D eigenvalue weighted by Gasteiger charge is -2.39. The van der Waals surface area contributed by atoms with E-state index >= 15 is 0 Å². The van der Waals surface area contributed by atoms with Crippen LogP contribution >= 0.6 is 0 Å². The molecule has 0 rings (SSSR count). The molecule has 90 valence electrons. The van der Waals surface area contributed by atoms with Crippen LogP contribution in [0, 0.1) is 0 Å². The van der Waals surface area contributed by atoms with Gasteiger partial charge in [0.1, 0.15) is 5.54 Å². The lowest BCUT2D eigenvalue weighted by molar-refractivity contribution is -0.151. The SMILES string of the molecule is CCC(COC)N(CC)C(C)(C)C(=O)O. The average Bonchev–Trinajstić information content (AvgIpc) is 2.17. The van der Waals surface area contributed by atoms with E-state index in [9.17, 15) is 9.90 Å². The molecule has 0 saturated carbocycles. The van der Waals surface area contributed by atoms with Gasteiger partial charge < -0.3 is 9.84 Å². The third-order valence-electron chi connectivity index (χ3n) is 2.85. The molecule has 0 aromatic rings. The lowest BCUT2D eigenvalue weighted by Crippen LogP contribution is -2.55. The summed E-state index contributed by atoms with van der Waals surface area (Å²) >= 11 is 0. The van der Waals surface area contributed by atoms with Crippen molar-refractivity contribution in [3.63, 3.8) is 0 Å². The van der Waals surface area contributed by atoms with Crippen molar-refractivity contribution in [2.45, 2.75) is 45.7 Å². The van der Waals surface area contributed by atoms with Crippen LogP contribution in [0.3, 0.4) is 0 Å². The Balaban J connectivity index is 4.78. The second kappa shape index (κ2) is 6.08. The Morgan fingerprint density at radius 3 is 2.27 bits per heavy atom. The van der Waals surface area contributed by atoms with Crippen LogP contribution in [-0.2, 0) is 9.53 Å². The van der Waals surface area contributed by atoms with Crippen LogP contribution in [0.4, 0.5) is 0 Å². The molecule has 0 radical (unpaired) electrons. The van der Waals surface area contributed by atoms with Crippen LogP contribution < -0.4 is 0 Å². The van der Waals surface area contributed by atoms with Crippen LogP contribution in [0.15, 0.2) is 0 Å². The van der Waals surface area contributed by atoms with E-state index in [1.54, 1.807) is 21.0 Å². The van der Waals surface area contributed by atoms with E-state index in [1.807, 2.05) is 18.7 Å². The van der Waals surface area contributed by atoms with E-state index in [2.05, 4.69) is 0 Å². The predicted octanol–water partition coefficient (Wildman–Crippen LogP) is 1.60. The van der Waals surface area contributed by atoms with Gasteiger partial charge in [-0.2, -0.15) is 0 Å². The monoisotopic (exact) mass is 217 g/mol. The van der Waals surface area contributed by atoms with Crippen LogP contribution in [0.25, 0.3) is 0 Å². The quantitative estimate of drug-likeness (QED) is 0.703. The van der Waals surface area contributed by atoms with Gasteiger partial charge in [-0.1, -0.05) is 13.8 Å². The van der Waals surface area contributed by atoms with Gasteiger partial charge in [0.25, 0.3) is 0 Å². The molecule has 0 aliphatic heterocycles. The van der Waals surface area contributed by atoms with Gasteiger partial charge in [0.15, 0.2) is 0 Å². The van der Waals surface area contributed by atoms with Crippen LogP contribution in [0.1, 0.15) is 34.1 Å². The van der Waals surface area contributed by atoms with Crippen molar-refractivity contribution in [2.75, 3.05) is 20.3 Å². The maximum Gasteiger partial charge on any atom is 0.323 e. The zero-order valence-electron chi connectivity index (χ0n) is 10.4. The Morgan fingerprint density at radius 2 is 2.00 bits per heavy atom. The van der Waals surface area contributed by atoms with Gasteiger partial charge in [-0.05, 0) is 26.8 Å². The number of rotatable bonds is 7. The van der Waals surface area contributed by atoms with Gasteiger partial charge in [0, 0.05) is 13.2 Å². The summed E-state index contributed by atoms with van der Waals surface area (Å²) in [6.45, 7) is 8.77. The molecule has 0 aliphatic carbocycles. The summed E-state index contributed by atoms with van der Waals surface area (Å²) in [5, 5.41) is 9.17. The largest absolute Gasteiger partial charge is 0.480 e. The molecule has 0 aromatic carbocycles. The summed E-state index contributed by atoms with van der Waals surface area (Å²) in [5.41, 5.74) is -0.839. The second-order valence-electron chi connectivity index (χ2n) is 4.17. The molecule has 0 aliphatic rings. The number of hydrogen-bond acceptors (Lipinski definition) is 3. The first kappa shape index (κ1) is 14.4. The minimum Gasteiger partial charge on any atom is -0.480 e. The van der Waals surface area contributed by atoms with E-state index in [-0.39, 0.29) is 6.04 Å². The first-order chi connectivity index (χ1) is 6.91. The number of hydrogen-bond donors (Lipinski definition) is 1. The number of carboxylic acids is 1. The van der Waals surface area contributed by atoms with E-state index in [0.717, 1.165) is 6.42 Å². The number of likely N-dealkylation sites (N-methyl/N-ethyl adjacent to an activating group) is 1. The van der Waals surface area contributed by atoms with Gasteiger partial charge >= 0.3 is 5.97 Å². The van der Waals surface area contributed by atoms with E-state index in [0.29, 0.717) is 13.2 Å². The zero-order chi connectivity index (χ0) is 12.1. The molecule has 0 amide bonds. The van der Waals surface area contributed by atoms with Gasteiger partial charge in [0.2, 0.25) is 0 Å². The van der Waals surface area contributed by atoms with Gasteiger partial charge in [-0.3, -0.25) is 9.69 Å². The van der Waals surface area contributed by atoms with Crippen molar-refractivity contribution < 1.29 is 14.6 Å². The molecule has 0 bridgehead atoms. The van der Waals surface area contributed by atoms with Crippen molar-refractivity contribution >= 4 is 5.97 Å². The third kappa shape index (κ3) is 3.47. The van der Waals surface area contributed by atoms with Gasteiger partial charge in [-0.15, -0.1) is 0 Å². The summed E-state index contributed by atoms with van der Waals surface area (Å²) in [7, 11) is 1.64. The molecular formula is C11H23NO3. The molecule has 4 nitrogen and oxygen atoms in total. The Hall–Kier alpha value is -0.610. The summed E-state index contributed by atoms with van der Waals surface area (Å²) in [5.74, 6) is -0.793. The molecule has 0 heterocycles. The number of carbonyl (C=O) groups is 1. The first-order valence-corrected chi connectivity index (χ1v) is 5.40. The molecule has 0 fully saturated rings. The average molecular weight is 217 g/mol. The standard InChI is InChI=1S/C11H23NO3/c1-6-9(8-15-5)12(7-2)11(3,4)10(13)14/h9H,6-8H2,1-5H3,(H,13,14). The molecule has 1 unspecified atom stereocenters. The molecule has 4 heteroatoms. The summed E-state index contributed by atoms with van der Waals surface area (Å²) < 4.78 is 5.12. The molecule has 15 heavy (non-hydrogen) atoms. The molecule has 1 atom stereocenters. The van der Waals surface area contributed by atoms with Gasteiger partial charge in [0.05, 0.1) is 6.61 Å². The number of ether oxygens (including phenoxy) is 1. The van der Waals surface area contributed by atoms with Crippen LogP contribution in [0.2, 0.25) is 0 Å². The summed E-state index contributed by atoms with van der Waals surface area (Å²) in [6.07, 6.45) is 0.887. The molecule has 1 N–H and O–H groups in total. The highest BCUT2D eigenvalue weighted by atomic mass is 16.5. The van der Waals surface area contributed by atoms with Crippen molar-refractivity contribution in [1.82, 2.24) is 4.90 Å². The maximum absolute atomic E-state index is 11.2. The lowest BCUT2D eigenvalue weighted by atomic mass is 9.99. The van der Waals surface area contributed by atoms with E-state index in [1.165, 1.54) is 0 Å². The summed E-state index contributed by atoms with van der Waals surface area (Å²) in [6, 6.07) is 0.158. The van der Waals surface area contributed by atoms with Crippen LogP contribution in [-0.4, -0.2) is 47.8 Å². The molecule has 0 spiro atoms. The Morgan fingerprint density at radius 1 is 1.47 bits per heavy atom. The Kier molecular flexibility index (Phi) is 5.83. The molecule has 0 aromatic heterocycles. The van der Waals surface area contributed by atoms with Crippen molar-refractivity contribution in [1.29, 1.82) is 0 Å². The van der Waals surface area contributed by atoms with E-state index in [4.69, 9.17) is 4.74 Å². The van der Waals surface area contributed by atoms with Gasteiger partial charge in [-0.25, -0.2) is 0 Å². The highest BCUT2D eigenvalue weighted by Crippen LogP contribution is 2.19. The third-order valence-corrected chi connectivity index (χ3v) is 2.85. The smallest absolute Gasteiger partial charge is 0.323 e. The molecule has 0 saturated heterocycles. The van der Waals surface area contributed by atoms with Crippen LogP contribution in [0.5, 0.6) is 0 Å². The van der Waals surface area contributed by atoms with E-state index < -0.39 is 11.5 Å². The Labute approximate surface area is 92.2 Å². The molecular weight excluding hydrogens is 194 g/mol. The number of carboxylic acid groups (broad SMARTS) is 1. The number of aliphatic carboxylic acids is 1.